The molecule has 7 rings (SSSR count). The molecule has 1 saturated carbocycles. The van der Waals surface area contributed by atoms with Crippen molar-refractivity contribution in [2.24, 2.45) is 17.3 Å². The fraction of sp³-hybridized carbons (Fsp3) is 0.541. The van der Waals surface area contributed by atoms with Crippen molar-refractivity contribution in [1.29, 1.82) is 0 Å². The van der Waals surface area contributed by atoms with Crippen LogP contribution in [0, 0.1) is 31.1 Å². The topological polar surface area (TPSA) is 72.0 Å². The lowest BCUT2D eigenvalue weighted by molar-refractivity contribution is -0.193. The van der Waals surface area contributed by atoms with Crippen molar-refractivity contribution in [3.05, 3.63) is 64.0 Å². The van der Waals surface area contributed by atoms with Gasteiger partial charge in [-0.05, 0) is 114 Å². The van der Waals surface area contributed by atoms with Crippen molar-refractivity contribution in [1.82, 2.24) is 9.88 Å². The van der Waals surface area contributed by atoms with Gasteiger partial charge in [-0.25, -0.2) is 4.98 Å². The second kappa shape index (κ2) is 12.4. The summed E-state index contributed by atoms with van der Waals surface area (Å²) in [6, 6.07) is 12.2. The van der Waals surface area contributed by atoms with Crippen molar-refractivity contribution < 1.29 is 19.1 Å². The number of hydrogen-bond donors (Lipinski definition) is 0. The van der Waals surface area contributed by atoms with Gasteiger partial charge in [0.25, 0.3) is 5.91 Å². The monoisotopic (exact) mass is 629 g/mol. The minimum atomic E-state index is -0.478. The van der Waals surface area contributed by atoms with Crippen molar-refractivity contribution >= 4 is 28.3 Å². The summed E-state index contributed by atoms with van der Waals surface area (Å²) in [5, 5.41) is 3.11. The molecule has 4 aliphatic rings. The summed E-state index contributed by atoms with van der Waals surface area (Å²) >= 11 is 1.65. The lowest BCUT2D eigenvalue weighted by Crippen LogP contribution is -2.66. The van der Waals surface area contributed by atoms with Gasteiger partial charge in [0.05, 0.1) is 11.1 Å². The molecule has 2 aromatic carbocycles. The van der Waals surface area contributed by atoms with E-state index in [1.54, 1.807) is 11.3 Å². The number of likely N-dealkylation sites (tertiary alicyclic amines) is 1. The first-order valence-electron chi connectivity index (χ1n) is 16.5. The summed E-state index contributed by atoms with van der Waals surface area (Å²) in [5.41, 5.74) is 5.04. The van der Waals surface area contributed by atoms with Gasteiger partial charge in [0.15, 0.2) is 5.13 Å². The number of ether oxygens (including phenoxy) is 2. The number of fused-ring (bicyclic) bond motifs is 2. The maximum atomic E-state index is 13.3. The lowest BCUT2D eigenvalue weighted by Gasteiger charge is -2.60. The Bertz CT molecular complexity index is 1560. The number of piperidine rings is 3. The Hall–Kier alpha value is -3.39. The van der Waals surface area contributed by atoms with E-state index in [4.69, 9.17) is 14.5 Å². The molecule has 1 aromatic heterocycles. The fourth-order valence-electron chi connectivity index (χ4n) is 7.53. The molecule has 7 nitrogen and oxygen atoms in total. The van der Waals surface area contributed by atoms with Crippen molar-refractivity contribution in [3.63, 3.8) is 0 Å². The van der Waals surface area contributed by atoms with Gasteiger partial charge >= 0.3 is 5.97 Å². The maximum absolute atomic E-state index is 13.3. The van der Waals surface area contributed by atoms with Gasteiger partial charge in [-0.15, -0.1) is 11.3 Å². The minimum Gasteiger partial charge on any atom is -0.488 e. The van der Waals surface area contributed by atoms with Gasteiger partial charge in [-0.1, -0.05) is 24.6 Å². The van der Waals surface area contributed by atoms with E-state index in [0.29, 0.717) is 6.61 Å². The number of thiazole rings is 1. The van der Waals surface area contributed by atoms with Gasteiger partial charge in [-0.3, -0.25) is 9.59 Å². The number of benzene rings is 2. The molecule has 2 unspecified atom stereocenters. The van der Waals surface area contributed by atoms with E-state index in [2.05, 4.69) is 36.3 Å². The molecule has 0 spiro atoms. The van der Waals surface area contributed by atoms with Crippen LogP contribution in [0.1, 0.15) is 86.8 Å². The number of esters is 1. The summed E-state index contributed by atoms with van der Waals surface area (Å²) < 4.78 is 12.3. The van der Waals surface area contributed by atoms with Crippen molar-refractivity contribution in [2.75, 3.05) is 31.1 Å². The van der Waals surface area contributed by atoms with Crippen LogP contribution in [0.4, 0.5) is 5.13 Å². The van der Waals surface area contributed by atoms with E-state index in [0.717, 1.165) is 96.3 Å². The van der Waals surface area contributed by atoms with Gasteiger partial charge in [0, 0.05) is 42.7 Å². The van der Waals surface area contributed by atoms with Crippen molar-refractivity contribution in [3.8, 4) is 17.0 Å². The zero-order valence-electron chi connectivity index (χ0n) is 27.7. The third-order valence-electron chi connectivity index (χ3n) is 10.1. The highest BCUT2D eigenvalue weighted by Crippen LogP contribution is 2.59. The van der Waals surface area contributed by atoms with Crippen LogP contribution >= 0.6 is 11.3 Å². The standard InChI is InChI=1S/C37H47N3O4S/c1-7-37(34(42)44-36(4,5)6)28-19-29(37)21-40(20-28)35-38-31(23-45-35)30-17-24(2)11-14-32(30)43-22-27-13-12-26(18-25(27)3)33(41)39-15-9-8-10-16-39/h11-14,17-18,23,28-29H,7-10,15-16,19-22H2,1-6H3. The Labute approximate surface area is 271 Å². The van der Waals surface area contributed by atoms with E-state index in [-0.39, 0.29) is 29.1 Å². The first kappa shape index (κ1) is 31.6. The molecule has 0 radical (unpaired) electrons. The first-order valence-corrected chi connectivity index (χ1v) is 17.4. The van der Waals surface area contributed by atoms with E-state index < -0.39 is 5.60 Å². The Balaban J connectivity index is 1.14. The highest BCUT2D eigenvalue weighted by molar-refractivity contribution is 7.14. The molecule has 4 heterocycles. The molecule has 4 fully saturated rings. The van der Waals surface area contributed by atoms with Gasteiger partial charge in [-0.2, -0.15) is 0 Å². The number of nitrogens with zero attached hydrogens (tertiary/aromatic N) is 3. The zero-order chi connectivity index (χ0) is 31.9. The number of hydrogen-bond acceptors (Lipinski definition) is 7. The molecular formula is C37H47N3O4S. The molecule has 2 bridgehead atoms. The van der Waals surface area contributed by atoms with Gasteiger partial charge < -0.3 is 19.3 Å². The smallest absolute Gasteiger partial charge is 0.313 e. The quantitative estimate of drug-likeness (QED) is 0.237. The summed E-state index contributed by atoms with van der Waals surface area (Å²) in [7, 11) is 0. The fourth-order valence-corrected chi connectivity index (χ4v) is 8.38. The molecule has 3 aliphatic heterocycles. The zero-order valence-corrected chi connectivity index (χ0v) is 28.5. The predicted molar refractivity (Wildman–Crippen MR) is 180 cm³/mol. The average Bonchev–Trinajstić information content (AvgIpc) is 3.51. The first-order chi connectivity index (χ1) is 21.5. The lowest BCUT2D eigenvalue weighted by atomic mass is 9.49. The van der Waals surface area contributed by atoms with Gasteiger partial charge in [0.1, 0.15) is 18.0 Å². The normalized spacial score (nSPS) is 23.0. The second-order valence-corrected chi connectivity index (χ2v) is 15.1. The minimum absolute atomic E-state index is 0.0294. The summed E-state index contributed by atoms with van der Waals surface area (Å²) in [6.45, 7) is 15.9. The third-order valence-corrected chi connectivity index (χ3v) is 11.0. The number of aromatic nitrogens is 1. The van der Waals surface area contributed by atoms with Crippen LogP contribution in [0.2, 0.25) is 0 Å². The molecular weight excluding hydrogens is 582 g/mol. The molecule has 1 aliphatic carbocycles. The number of carbonyl (C=O) groups excluding carboxylic acids is 2. The highest BCUT2D eigenvalue weighted by atomic mass is 32.1. The highest BCUT2D eigenvalue weighted by Gasteiger charge is 2.63. The van der Waals surface area contributed by atoms with E-state index in [1.807, 2.05) is 56.9 Å². The third kappa shape index (κ3) is 6.23. The Morgan fingerprint density at radius 2 is 1.76 bits per heavy atom. The average molecular weight is 630 g/mol. The Morgan fingerprint density at radius 3 is 2.42 bits per heavy atom. The molecule has 240 valence electrons. The maximum Gasteiger partial charge on any atom is 0.313 e. The Morgan fingerprint density at radius 1 is 1.02 bits per heavy atom. The molecule has 8 heteroatoms. The summed E-state index contributed by atoms with van der Waals surface area (Å²) in [4.78, 5) is 35.8. The van der Waals surface area contributed by atoms with Crippen LogP contribution in [-0.2, 0) is 16.1 Å². The van der Waals surface area contributed by atoms with Crippen LogP contribution in [0.5, 0.6) is 5.75 Å². The molecule has 45 heavy (non-hydrogen) atoms. The molecule has 2 atom stereocenters. The number of rotatable bonds is 8. The number of amides is 1. The molecule has 3 saturated heterocycles. The SMILES string of the molecule is CCC1(C(=O)OC(C)(C)C)C2CC1CN(c1nc(-c3cc(C)ccc3OCc3ccc(C(=O)N4CCCCC4)cc3C)cs1)C2. The second-order valence-electron chi connectivity index (χ2n) is 14.2. The molecule has 1 amide bonds. The van der Waals surface area contributed by atoms with Crippen LogP contribution in [0.3, 0.4) is 0 Å². The van der Waals surface area contributed by atoms with E-state index in [9.17, 15) is 9.59 Å². The molecule has 3 aromatic rings. The van der Waals surface area contributed by atoms with Crippen LogP contribution in [0.15, 0.2) is 41.8 Å². The number of anilines is 1. The van der Waals surface area contributed by atoms with Crippen molar-refractivity contribution in [2.45, 2.75) is 85.9 Å². The van der Waals surface area contributed by atoms with E-state index in [1.165, 1.54) is 6.42 Å². The molecule has 0 N–H and O–H groups in total. The largest absolute Gasteiger partial charge is 0.488 e. The van der Waals surface area contributed by atoms with Crippen LogP contribution < -0.4 is 9.64 Å². The Kier molecular flexibility index (Phi) is 8.72. The number of aryl methyl sites for hydroxylation is 2. The summed E-state index contributed by atoms with van der Waals surface area (Å²) in [6.07, 6.45) is 5.27. The van der Waals surface area contributed by atoms with E-state index >= 15 is 0 Å². The number of carbonyl (C=O) groups is 2. The van der Waals surface area contributed by atoms with Crippen LogP contribution in [-0.4, -0.2) is 53.5 Å². The van der Waals surface area contributed by atoms with Gasteiger partial charge in [0.2, 0.25) is 0 Å². The van der Waals surface area contributed by atoms with Crippen LogP contribution in [0.25, 0.3) is 11.3 Å². The summed E-state index contributed by atoms with van der Waals surface area (Å²) in [5.74, 6) is 1.46. The predicted octanol–water partition coefficient (Wildman–Crippen LogP) is 7.83.